The Kier molecular flexibility index (Phi) is 6.68. The third-order valence-corrected chi connectivity index (χ3v) is 7.53. The number of fused-ring (bicyclic) bond motifs is 2. The van der Waals surface area contributed by atoms with Crippen molar-refractivity contribution in [2.45, 2.75) is 34.1 Å². The predicted molar refractivity (Wildman–Crippen MR) is 160 cm³/mol. The number of nitrogens with zero attached hydrogens (tertiary/aromatic N) is 1. The Morgan fingerprint density at radius 3 is 2.60 bits per heavy atom. The number of aromatic nitrogens is 1. The number of halogens is 2. The van der Waals surface area contributed by atoms with Crippen LogP contribution in [-0.2, 0) is 0 Å². The Morgan fingerprint density at radius 1 is 1.07 bits per heavy atom. The minimum absolute atomic E-state index is 0.309. The van der Waals surface area contributed by atoms with E-state index in [9.17, 15) is 4.39 Å². The summed E-state index contributed by atoms with van der Waals surface area (Å²) in [4.78, 5) is 8.47. The molecule has 6 rings (SSSR count). The highest BCUT2D eigenvalue weighted by Gasteiger charge is 2.22. The Labute approximate surface area is 236 Å². The minimum Gasteiger partial charge on any atom is -0.454 e. The monoisotopic (exact) mass is 550 g/mol. The molecular formula is C34H28ClFN2O2. The highest BCUT2D eigenvalue weighted by molar-refractivity contribution is 6.32. The van der Waals surface area contributed by atoms with Crippen LogP contribution < -0.4 is 10.8 Å². The number of furan rings is 2. The van der Waals surface area contributed by atoms with Crippen molar-refractivity contribution >= 4 is 39.9 Å². The first kappa shape index (κ1) is 25.9. The number of allylic oxidation sites excluding steroid dienone is 5. The molecule has 4 heterocycles. The van der Waals surface area contributed by atoms with E-state index in [1.165, 1.54) is 17.7 Å². The number of H-pyrrole nitrogens is 1. The summed E-state index contributed by atoms with van der Waals surface area (Å²) in [5, 5.41) is 1.40. The lowest BCUT2D eigenvalue weighted by molar-refractivity contribution is 0.519. The van der Waals surface area contributed by atoms with Crippen molar-refractivity contribution in [1.29, 1.82) is 0 Å². The third kappa shape index (κ3) is 4.67. The summed E-state index contributed by atoms with van der Waals surface area (Å²) in [6.07, 6.45) is 7.13. The normalized spacial score (nSPS) is 14.8. The summed E-state index contributed by atoms with van der Waals surface area (Å²) in [7, 11) is 0. The van der Waals surface area contributed by atoms with E-state index in [4.69, 9.17) is 25.4 Å². The zero-order valence-corrected chi connectivity index (χ0v) is 23.5. The zero-order chi connectivity index (χ0) is 28.0. The summed E-state index contributed by atoms with van der Waals surface area (Å²) in [6, 6.07) is 18.0. The van der Waals surface area contributed by atoms with Crippen LogP contribution in [0.3, 0.4) is 0 Å². The molecule has 0 amide bonds. The van der Waals surface area contributed by atoms with Gasteiger partial charge in [0.05, 0.1) is 16.9 Å². The molecule has 1 aliphatic heterocycles. The van der Waals surface area contributed by atoms with Crippen molar-refractivity contribution in [3.8, 4) is 11.3 Å². The summed E-state index contributed by atoms with van der Waals surface area (Å²) in [5.74, 6) is 1.07. The van der Waals surface area contributed by atoms with Gasteiger partial charge >= 0.3 is 0 Å². The molecule has 0 aliphatic carbocycles. The van der Waals surface area contributed by atoms with E-state index < -0.39 is 0 Å². The van der Waals surface area contributed by atoms with Gasteiger partial charge in [0.2, 0.25) is 0 Å². The summed E-state index contributed by atoms with van der Waals surface area (Å²) in [6.45, 7) is 8.29. The molecule has 2 aromatic carbocycles. The summed E-state index contributed by atoms with van der Waals surface area (Å²) >= 11 is 6.78. The van der Waals surface area contributed by atoms with Crippen LogP contribution in [0.25, 0.3) is 39.6 Å². The molecule has 0 fully saturated rings. The molecule has 0 radical (unpaired) electrons. The van der Waals surface area contributed by atoms with Crippen LogP contribution in [0.1, 0.15) is 49.8 Å². The van der Waals surface area contributed by atoms with Gasteiger partial charge < -0.3 is 13.8 Å². The minimum atomic E-state index is -0.309. The standard InChI is InChI=1S/C34H28ClFN2O2/c1-5-19(3)13-21(6-2)29-15-25-31(39-29)17-27(37-25)34(33-20(4)9-7-12-24(33)35)28-18-32-26(38-28)16-30(40-32)22-10-8-11-23(36)14-22/h6-18,38H,5H2,1-4H3/b19-13+,21-6+,34-27+. The first-order chi connectivity index (χ1) is 19.3. The first-order valence-corrected chi connectivity index (χ1v) is 13.6. The fourth-order valence-electron chi connectivity index (χ4n) is 5.00. The van der Waals surface area contributed by atoms with Crippen molar-refractivity contribution in [2.75, 3.05) is 0 Å². The molecular weight excluding hydrogens is 523 g/mol. The van der Waals surface area contributed by atoms with Crippen molar-refractivity contribution < 1.29 is 13.2 Å². The zero-order valence-electron chi connectivity index (χ0n) is 22.7. The second kappa shape index (κ2) is 10.3. The fourth-order valence-corrected chi connectivity index (χ4v) is 5.31. The van der Waals surface area contributed by atoms with E-state index in [0.717, 1.165) is 56.7 Å². The average Bonchev–Trinajstić information content (AvgIpc) is 3.69. The molecule has 3 aromatic heterocycles. The Balaban J connectivity index is 1.49. The maximum atomic E-state index is 13.8. The van der Waals surface area contributed by atoms with Gasteiger partial charge in [0.25, 0.3) is 0 Å². The molecule has 0 unspecified atom stereocenters. The van der Waals surface area contributed by atoms with E-state index in [0.29, 0.717) is 27.3 Å². The Bertz CT molecular complexity index is 1910. The van der Waals surface area contributed by atoms with Crippen molar-refractivity contribution in [2.24, 2.45) is 4.99 Å². The van der Waals surface area contributed by atoms with E-state index in [-0.39, 0.29) is 5.82 Å². The lowest BCUT2D eigenvalue weighted by Gasteiger charge is -2.13. The van der Waals surface area contributed by atoms with E-state index in [1.54, 1.807) is 6.07 Å². The van der Waals surface area contributed by atoms with E-state index in [1.807, 2.05) is 62.4 Å². The van der Waals surface area contributed by atoms with Gasteiger partial charge in [-0.15, -0.1) is 0 Å². The Morgan fingerprint density at radius 2 is 1.90 bits per heavy atom. The number of rotatable bonds is 6. The molecule has 1 N–H and O–H groups in total. The summed E-state index contributed by atoms with van der Waals surface area (Å²) in [5.41, 5.74) is 9.45. The van der Waals surface area contributed by atoms with Crippen molar-refractivity contribution in [3.05, 3.63) is 128 Å². The van der Waals surface area contributed by atoms with Gasteiger partial charge in [-0.25, -0.2) is 9.38 Å². The molecule has 6 heteroatoms. The number of aromatic amines is 1. The lowest BCUT2D eigenvalue weighted by Crippen LogP contribution is -2.14. The lowest BCUT2D eigenvalue weighted by atomic mass is 9.96. The predicted octanol–water partition coefficient (Wildman–Crippen LogP) is 8.75. The van der Waals surface area contributed by atoms with E-state index >= 15 is 0 Å². The molecule has 0 atom stereocenters. The maximum Gasteiger partial charge on any atom is 0.155 e. The highest BCUT2D eigenvalue weighted by Crippen LogP contribution is 2.38. The largest absolute Gasteiger partial charge is 0.454 e. The third-order valence-electron chi connectivity index (χ3n) is 7.22. The highest BCUT2D eigenvalue weighted by atomic mass is 35.5. The first-order valence-electron chi connectivity index (χ1n) is 13.3. The van der Waals surface area contributed by atoms with Crippen LogP contribution in [0.15, 0.2) is 97.9 Å². The number of hydrogen-bond donors (Lipinski definition) is 1. The van der Waals surface area contributed by atoms with Crippen LogP contribution in [0.4, 0.5) is 4.39 Å². The fraction of sp³-hybridized carbons (Fsp3) is 0.147. The smallest absolute Gasteiger partial charge is 0.155 e. The number of hydrogen-bond acceptors (Lipinski definition) is 3. The molecule has 0 saturated heterocycles. The number of benzene rings is 2. The molecule has 0 spiro atoms. The van der Waals surface area contributed by atoms with Gasteiger partial charge in [-0.05, 0) is 51.0 Å². The molecule has 0 bridgehead atoms. The molecule has 40 heavy (non-hydrogen) atoms. The molecule has 1 aliphatic rings. The van der Waals surface area contributed by atoms with Crippen molar-refractivity contribution in [1.82, 2.24) is 4.98 Å². The van der Waals surface area contributed by atoms with Gasteiger partial charge in [0.15, 0.2) is 11.0 Å². The molecule has 4 nitrogen and oxygen atoms in total. The quantitative estimate of drug-likeness (QED) is 0.215. The number of nitrogens with one attached hydrogen (secondary N) is 1. The second-order valence-corrected chi connectivity index (χ2v) is 10.4. The van der Waals surface area contributed by atoms with Crippen molar-refractivity contribution in [3.63, 3.8) is 0 Å². The SMILES string of the molecule is C/C=C(\C=C(/C)CC)c1cc2c(o1)=C/C(=C(/c1cc3oc(-c4cccc(F)c4)cc3[nH]1)c1c(C)cccc1Cl)N=2. The van der Waals surface area contributed by atoms with Gasteiger partial charge in [-0.2, -0.15) is 0 Å². The van der Waals surface area contributed by atoms with Crippen LogP contribution >= 0.6 is 11.6 Å². The average molecular weight is 551 g/mol. The molecule has 0 saturated carbocycles. The van der Waals surface area contributed by atoms with Gasteiger partial charge in [0, 0.05) is 51.6 Å². The van der Waals surface area contributed by atoms with E-state index in [2.05, 4.69) is 31.0 Å². The van der Waals surface area contributed by atoms with Crippen LogP contribution in [0.5, 0.6) is 0 Å². The van der Waals surface area contributed by atoms with Crippen LogP contribution in [0.2, 0.25) is 5.02 Å². The Hall–Kier alpha value is -4.35. The second-order valence-electron chi connectivity index (χ2n) is 9.98. The maximum absolute atomic E-state index is 13.8. The van der Waals surface area contributed by atoms with Crippen LogP contribution in [-0.4, -0.2) is 4.98 Å². The van der Waals surface area contributed by atoms with Gasteiger partial charge in [-0.3, -0.25) is 0 Å². The van der Waals surface area contributed by atoms with Crippen LogP contribution in [0, 0.1) is 12.7 Å². The van der Waals surface area contributed by atoms with Gasteiger partial charge in [0.1, 0.15) is 22.7 Å². The summed E-state index contributed by atoms with van der Waals surface area (Å²) < 4.78 is 26.2. The number of aryl methyl sites for hydroxylation is 1. The van der Waals surface area contributed by atoms with Gasteiger partial charge in [-0.1, -0.05) is 60.5 Å². The topological polar surface area (TPSA) is 54.4 Å². The molecule has 200 valence electrons. The molecule has 5 aromatic rings.